The highest BCUT2D eigenvalue weighted by atomic mass is 127. The van der Waals surface area contributed by atoms with E-state index in [1.54, 1.807) is 22.6 Å². The number of halogens is 4. The monoisotopic (exact) mass is 467 g/mol. The Hall–Kier alpha value is -1.41. The van der Waals surface area contributed by atoms with E-state index in [1.165, 1.54) is 6.92 Å². The first-order valence-electron chi connectivity index (χ1n) is 5.57. The van der Waals surface area contributed by atoms with Gasteiger partial charge in [-0.05, 0) is 19.1 Å². The molecule has 1 atom stereocenters. The summed E-state index contributed by atoms with van der Waals surface area (Å²) in [5.41, 5.74) is 0. The lowest BCUT2D eigenvalue weighted by molar-refractivity contribution is -0.151. The fraction of sp³-hybridized carbons (Fsp3) is 0.273. The molecule has 0 heterocycles. The second-order valence-electron chi connectivity index (χ2n) is 3.99. The topological polar surface area (TPSA) is 110 Å². The molecule has 0 amide bonds. The van der Waals surface area contributed by atoms with Gasteiger partial charge in [0.05, 0.1) is 0 Å². The summed E-state index contributed by atoms with van der Waals surface area (Å²) in [5.74, 6) is -6.21. The van der Waals surface area contributed by atoms with Crippen LogP contribution in [0.15, 0.2) is 18.2 Å². The number of rotatable bonds is 5. The van der Waals surface area contributed by atoms with Crippen molar-refractivity contribution < 1.29 is 45.2 Å². The molecule has 0 aliphatic carbocycles. The Morgan fingerprint density at radius 3 is 2.30 bits per heavy atom. The third-order valence-corrected chi connectivity index (χ3v) is 3.50. The first-order chi connectivity index (χ1) is 10.4. The van der Waals surface area contributed by atoms with Crippen LogP contribution in [0.5, 0.6) is 11.5 Å². The van der Waals surface area contributed by atoms with E-state index in [9.17, 15) is 35.7 Å². The van der Waals surface area contributed by atoms with Crippen molar-refractivity contribution in [2.75, 3.05) is 0 Å². The molecule has 0 aromatic heterocycles. The first-order valence-corrected chi connectivity index (χ1v) is 8.22. The molecule has 0 saturated carbocycles. The maximum atomic E-state index is 13.6. The predicted molar refractivity (Wildman–Crippen MR) is 75.8 cm³/mol. The van der Waals surface area contributed by atoms with Crippen LogP contribution in [0, 0.1) is 5.82 Å². The van der Waals surface area contributed by atoms with Crippen LogP contribution in [0.2, 0.25) is 0 Å². The first kappa shape index (κ1) is 19.6. The summed E-state index contributed by atoms with van der Waals surface area (Å²) in [6, 6.07) is 2.14. The van der Waals surface area contributed by atoms with E-state index in [0.717, 1.165) is 6.07 Å². The average molecular weight is 467 g/mol. The van der Waals surface area contributed by atoms with Crippen molar-refractivity contribution in [2.24, 2.45) is 0 Å². The van der Waals surface area contributed by atoms with Crippen LogP contribution in [0.25, 0.3) is 0 Å². The number of hydrogen-bond acceptors (Lipinski definition) is 7. The van der Waals surface area contributed by atoms with Crippen LogP contribution in [-0.2, 0) is 19.7 Å². The number of carbonyl (C=O) groups is 2. The van der Waals surface area contributed by atoms with E-state index in [4.69, 9.17) is 4.74 Å². The Morgan fingerprint density at radius 1 is 1.30 bits per heavy atom. The molecule has 23 heavy (non-hydrogen) atoms. The van der Waals surface area contributed by atoms with Gasteiger partial charge < -0.3 is 14.0 Å². The third-order valence-electron chi connectivity index (χ3n) is 2.20. The highest BCUT2D eigenvalue weighted by Gasteiger charge is 2.49. The lowest BCUT2D eigenvalue weighted by atomic mass is 10.3. The number of ether oxygens (including phenoxy) is 2. The summed E-state index contributed by atoms with van der Waals surface area (Å²) in [4.78, 5) is 22.3. The van der Waals surface area contributed by atoms with Gasteiger partial charge in [0.25, 0.3) is 0 Å². The summed E-state index contributed by atoms with van der Waals surface area (Å²) in [6.45, 7) is 1.50. The highest BCUT2D eigenvalue weighted by molar-refractivity contribution is 14.1. The van der Waals surface area contributed by atoms with E-state index in [2.05, 4.69) is 4.74 Å². The number of esters is 2. The van der Waals surface area contributed by atoms with Crippen LogP contribution >= 0.6 is 22.6 Å². The third kappa shape index (κ3) is 4.78. The van der Waals surface area contributed by atoms with Crippen molar-refractivity contribution in [3.05, 3.63) is 24.0 Å². The minimum Gasteiger partial charge on any atom is -0.743 e. The minimum atomic E-state index is -6.32. The Labute approximate surface area is 141 Å². The molecule has 12 heteroatoms. The van der Waals surface area contributed by atoms with Gasteiger partial charge in [-0.25, -0.2) is 17.6 Å². The Bertz CT molecular complexity index is 733. The van der Waals surface area contributed by atoms with E-state index in [-0.39, 0.29) is 5.75 Å². The highest BCUT2D eigenvalue weighted by Crippen LogP contribution is 2.27. The Kier molecular flexibility index (Phi) is 5.98. The molecule has 0 bridgehead atoms. The van der Waals surface area contributed by atoms with E-state index >= 15 is 0 Å². The molecule has 0 fully saturated rings. The van der Waals surface area contributed by atoms with Gasteiger partial charge in [0, 0.05) is 6.07 Å². The van der Waals surface area contributed by atoms with Crippen molar-refractivity contribution >= 4 is 44.6 Å². The van der Waals surface area contributed by atoms with Crippen molar-refractivity contribution in [2.45, 2.75) is 16.1 Å². The van der Waals surface area contributed by atoms with Gasteiger partial charge in [-0.1, -0.05) is 22.6 Å². The van der Waals surface area contributed by atoms with Crippen molar-refractivity contribution in [3.8, 4) is 11.5 Å². The zero-order valence-corrected chi connectivity index (χ0v) is 14.1. The molecule has 0 aliphatic heterocycles. The van der Waals surface area contributed by atoms with Crippen molar-refractivity contribution in [1.82, 2.24) is 0 Å². The SMILES string of the molecule is CC(I)C(=O)Oc1ccc(OC(=O)C(F)(F)S(=O)(=O)[O-])c(F)c1. The van der Waals surface area contributed by atoms with E-state index in [0.29, 0.717) is 12.1 Å². The molecule has 0 radical (unpaired) electrons. The summed E-state index contributed by atoms with van der Waals surface area (Å²) >= 11 is 1.74. The van der Waals surface area contributed by atoms with Crippen LogP contribution in [-0.4, -0.2) is 34.1 Å². The van der Waals surface area contributed by atoms with Crippen LogP contribution in [0.4, 0.5) is 13.2 Å². The zero-order chi connectivity index (χ0) is 18.0. The Morgan fingerprint density at radius 2 is 1.87 bits per heavy atom. The van der Waals surface area contributed by atoms with Gasteiger partial charge in [0.2, 0.25) is 0 Å². The van der Waals surface area contributed by atoms with Gasteiger partial charge in [-0.3, -0.25) is 4.79 Å². The summed E-state index contributed by atoms with van der Waals surface area (Å²) in [5, 5.41) is -5.37. The van der Waals surface area contributed by atoms with Gasteiger partial charge in [-0.15, -0.1) is 0 Å². The summed E-state index contributed by atoms with van der Waals surface area (Å²) in [6.07, 6.45) is 0. The fourth-order valence-corrected chi connectivity index (χ4v) is 1.46. The molecule has 1 rings (SSSR count). The van der Waals surface area contributed by atoms with Gasteiger partial charge in [-0.2, -0.15) is 8.78 Å². The smallest absolute Gasteiger partial charge is 0.429 e. The number of alkyl halides is 3. The van der Waals surface area contributed by atoms with Gasteiger partial charge >= 0.3 is 17.2 Å². The second kappa shape index (κ2) is 7.00. The molecule has 7 nitrogen and oxygen atoms in total. The molecular weight excluding hydrogens is 460 g/mol. The van der Waals surface area contributed by atoms with Crippen molar-refractivity contribution in [3.63, 3.8) is 0 Å². The fourth-order valence-electron chi connectivity index (χ4n) is 1.09. The molecule has 0 saturated heterocycles. The van der Waals surface area contributed by atoms with E-state index in [1.807, 2.05) is 0 Å². The van der Waals surface area contributed by atoms with Gasteiger partial charge in [0.15, 0.2) is 21.7 Å². The van der Waals surface area contributed by atoms with E-state index < -0.39 is 42.8 Å². The minimum absolute atomic E-state index is 0.293. The largest absolute Gasteiger partial charge is 0.743 e. The molecule has 0 N–H and O–H groups in total. The van der Waals surface area contributed by atoms with Crippen LogP contribution in [0.3, 0.4) is 0 Å². The molecule has 1 aromatic carbocycles. The molecular formula is C11H7F3IO7S-. The predicted octanol–water partition coefficient (Wildman–Crippen LogP) is 1.60. The molecule has 128 valence electrons. The Balaban J connectivity index is 2.96. The zero-order valence-electron chi connectivity index (χ0n) is 11.1. The van der Waals surface area contributed by atoms with Crippen LogP contribution < -0.4 is 9.47 Å². The maximum absolute atomic E-state index is 13.6. The van der Waals surface area contributed by atoms with Crippen molar-refractivity contribution in [1.29, 1.82) is 0 Å². The molecule has 1 aromatic rings. The van der Waals surface area contributed by atoms with Crippen LogP contribution in [0.1, 0.15) is 6.92 Å². The number of benzene rings is 1. The molecule has 0 aliphatic rings. The molecule has 0 spiro atoms. The normalized spacial score (nSPS) is 13.3. The lowest BCUT2D eigenvalue weighted by Gasteiger charge is -2.18. The number of hydrogen-bond donors (Lipinski definition) is 0. The lowest BCUT2D eigenvalue weighted by Crippen LogP contribution is -2.40. The molecule has 1 unspecified atom stereocenters. The maximum Gasteiger partial charge on any atom is 0.429 e. The standard InChI is InChI=1S/C11H8F3IO7S/c1-5(15)9(16)21-6-2-3-8(7(12)4-6)22-10(17)11(13,14)23(18,19)20/h2-5H,1H3,(H,18,19,20)/p-1. The number of carbonyl (C=O) groups excluding carboxylic acids is 2. The summed E-state index contributed by atoms with van der Waals surface area (Å²) in [7, 11) is -6.32. The quantitative estimate of drug-likeness (QED) is 0.213. The average Bonchev–Trinajstić information content (AvgIpc) is 2.40. The summed E-state index contributed by atoms with van der Waals surface area (Å²) < 4.78 is 78.2. The second-order valence-corrected chi connectivity index (χ2v) is 7.28. The van der Waals surface area contributed by atoms with Gasteiger partial charge in [0.1, 0.15) is 9.67 Å².